The van der Waals surface area contributed by atoms with Crippen molar-refractivity contribution in [3.63, 3.8) is 0 Å². The fourth-order valence-electron chi connectivity index (χ4n) is 1.85. The molecule has 0 spiro atoms. The molecule has 1 aliphatic heterocycles. The smallest absolute Gasteiger partial charge is 0.258 e. The summed E-state index contributed by atoms with van der Waals surface area (Å²) in [6.07, 6.45) is 1.52. The molecule has 1 aromatic rings. The Kier molecular flexibility index (Phi) is 3.35. The first-order valence-electron chi connectivity index (χ1n) is 5.32. The van der Waals surface area contributed by atoms with Gasteiger partial charge in [-0.1, -0.05) is 0 Å². The molecule has 0 saturated carbocycles. The third kappa shape index (κ3) is 2.15. The summed E-state index contributed by atoms with van der Waals surface area (Å²) in [6.45, 7) is 4.59. The number of hydrogen-bond donors (Lipinski definition) is 0. The van der Waals surface area contributed by atoms with Gasteiger partial charge in [-0.15, -0.1) is 0 Å². The molecule has 4 nitrogen and oxygen atoms in total. The zero-order valence-electron chi connectivity index (χ0n) is 9.44. The van der Waals surface area contributed by atoms with Crippen LogP contribution in [0.15, 0.2) is 21.4 Å². The Bertz CT molecular complexity index is 391. The standard InChI is InChI=1S/C11H15BrN2O2/c1-8-7-14(5-4-13(8)2)11(15)9-3-6-16-10(9)12/h3,6,8H,4-5,7H2,1-2H3. The Hall–Kier alpha value is -0.810. The third-order valence-electron chi connectivity index (χ3n) is 3.10. The lowest BCUT2D eigenvalue weighted by Gasteiger charge is -2.37. The van der Waals surface area contributed by atoms with Crippen molar-refractivity contribution in [1.82, 2.24) is 9.80 Å². The molecule has 16 heavy (non-hydrogen) atoms. The summed E-state index contributed by atoms with van der Waals surface area (Å²) < 4.78 is 5.60. The van der Waals surface area contributed by atoms with E-state index in [0.29, 0.717) is 16.3 Å². The van der Waals surface area contributed by atoms with Gasteiger partial charge in [-0.2, -0.15) is 0 Å². The van der Waals surface area contributed by atoms with E-state index in [4.69, 9.17) is 4.42 Å². The van der Waals surface area contributed by atoms with Crippen molar-refractivity contribution in [3.05, 3.63) is 22.6 Å². The maximum absolute atomic E-state index is 12.2. The first kappa shape index (κ1) is 11.7. The second kappa shape index (κ2) is 4.59. The van der Waals surface area contributed by atoms with Gasteiger partial charge in [0.2, 0.25) is 0 Å². The Morgan fingerprint density at radius 1 is 1.56 bits per heavy atom. The summed E-state index contributed by atoms with van der Waals surface area (Å²) >= 11 is 3.24. The van der Waals surface area contributed by atoms with E-state index in [0.717, 1.165) is 19.6 Å². The van der Waals surface area contributed by atoms with Crippen molar-refractivity contribution in [2.75, 3.05) is 26.7 Å². The van der Waals surface area contributed by atoms with Gasteiger partial charge in [0.05, 0.1) is 11.8 Å². The second-order valence-electron chi connectivity index (χ2n) is 4.19. The summed E-state index contributed by atoms with van der Waals surface area (Å²) in [5.74, 6) is 0.0422. The van der Waals surface area contributed by atoms with Crippen LogP contribution in [-0.4, -0.2) is 48.4 Å². The number of hydrogen-bond acceptors (Lipinski definition) is 3. The van der Waals surface area contributed by atoms with E-state index in [1.165, 1.54) is 6.26 Å². The SMILES string of the molecule is CC1CN(C(=O)c2ccoc2Br)CCN1C. The molecule has 0 bridgehead atoms. The molecule has 1 saturated heterocycles. The highest BCUT2D eigenvalue weighted by atomic mass is 79.9. The minimum Gasteiger partial charge on any atom is -0.457 e. The molecule has 1 amide bonds. The van der Waals surface area contributed by atoms with Crippen molar-refractivity contribution in [1.29, 1.82) is 0 Å². The molecule has 2 heterocycles. The largest absolute Gasteiger partial charge is 0.457 e. The van der Waals surface area contributed by atoms with Crippen LogP contribution in [0.25, 0.3) is 0 Å². The van der Waals surface area contributed by atoms with Crippen molar-refractivity contribution in [2.24, 2.45) is 0 Å². The summed E-state index contributed by atoms with van der Waals surface area (Å²) in [4.78, 5) is 16.3. The number of nitrogens with zero attached hydrogens (tertiary/aromatic N) is 2. The lowest BCUT2D eigenvalue weighted by Crippen LogP contribution is -2.52. The average Bonchev–Trinajstić information content (AvgIpc) is 2.67. The predicted molar refractivity (Wildman–Crippen MR) is 64.4 cm³/mol. The minimum absolute atomic E-state index is 0.0422. The quantitative estimate of drug-likeness (QED) is 0.790. The summed E-state index contributed by atoms with van der Waals surface area (Å²) in [6, 6.07) is 2.11. The number of amides is 1. The van der Waals surface area contributed by atoms with Gasteiger partial charge in [-0.25, -0.2) is 0 Å². The van der Waals surface area contributed by atoms with E-state index >= 15 is 0 Å². The zero-order chi connectivity index (χ0) is 11.7. The number of piperazine rings is 1. The van der Waals surface area contributed by atoms with Gasteiger partial charge in [-0.3, -0.25) is 4.79 Å². The Morgan fingerprint density at radius 2 is 2.31 bits per heavy atom. The van der Waals surface area contributed by atoms with Crippen molar-refractivity contribution < 1.29 is 9.21 Å². The van der Waals surface area contributed by atoms with Gasteiger partial charge in [0.25, 0.3) is 5.91 Å². The molecule has 2 rings (SSSR count). The first-order chi connectivity index (χ1) is 7.59. The fourth-order valence-corrected chi connectivity index (χ4v) is 2.26. The Balaban J connectivity index is 2.09. The van der Waals surface area contributed by atoms with E-state index < -0.39 is 0 Å². The van der Waals surface area contributed by atoms with Gasteiger partial charge in [0.15, 0.2) is 4.67 Å². The van der Waals surface area contributed by atoms with Crippen LogP contribution in [0.5, 0.6) is 0 Å². The van der Waals surface area contributed by atoms with Crippen molar-refractivity contribution in [3.8, 4) is 0 Å². The van der Waals surface area contributed by atoms with E-state index in [2.05, 4.69) is 34.8 Å². The van der Waals surface area contributed by atoms with Crippen molar-refractivity contribution >= 4 is 21.8 Å². The van der Waals surface area contributed by atoms with Gasteiger partial charge < -0.3 is 14.2 Å². The van der Waals surface area contributed by atoms with E-state index in [1.807, 2.05) is 4.90 Å². The molecular weight excluding hydrogens is 272 g/mol. The van der Waals surface area contributed by atoms with Crippen LogP contribution in [0, 0.1) is 0 Å². The highest BCUT2D eigenvalue weighted by molar-refractivity contribution is 9.10. The molecule has 0 N–H and O–H groups in total. The molecule has 88 valence electrons. The highest BCUT2D eigenvalue weighted by Gasteiger charge is 2.26. The number of rotatable bonds is 1. The molecule has 0 aliphatic carbocycles. The van der Waals surface area contributed by atoms with E-state index in [1.54, 1.807) is 6.07 Å². The molecule has 1 fully saturated rings. The molecule has 1 unspecified atom stereocenters. The van der Waals surface area contributed by atoms with Crippen LogP contribution >= 0.6 is 15.9 Å². The molecular formula is C11H15BrN2O2. The number of likely N-dealkylation sites (N-methyl/N-ethyl adjacent to an activating group) is 1. The fraction of sp³-hybridized carbons (Fsp3) is 0.545. The molecule has 1 aliphatic rings. The Labute approximate surface area is 103 Å². The minimum atomic E-state index is 0.0422. The third-order valence-corrected chi connectivity index (χ3v) is 3.71. The second-order valence-corrected chi connectivity index (χ2v) is 4.91. The van der Waals surface area contributed by atoms with Gasteiger partial charge in [0.1, 0.15) is 0 Å². The van der Waals surface area contributed by atoms with Crippen molar-refractivity contribution in [2.45, 2.75) is 13.0 Å². The number of carbonyl (C=O) groups is 1. The number of carbonyl (C=O) groups excluding carboxylic acids is 1. The van der Waals surface area contributed by atoms with Crippen LogP contribution in [0.4, 0.5) is 0 Å². The number of furan rings is 1. The van der Waals surface area contributed by atoms with Crippen LogP contribution < -0.4 is 0 Å². The molecule has 0 aromatic carbocycles. The van der Waals surface area contributed by atoms with Crippen LogP contribution in [0.3, 0.4) is 0 Å². The van der Waals surface area contributed by atoms with E-state index in [9.17, 15) is 4.79 Å². The number of halogens is 1. The Morgan fingerprint density at radius 3 is 2.88 bits per heavy atom. The van der Waals surface area contributed by atoms with Gasteiger partial charge in [-0.05, 0) is 36.0 Å². The monoisotopic (exact) mass is 286 g/mol. The maximum Gasteiger partial charge on any atom is 0.258 e. The lowest BCUT2D eigenvalue weighted by atomic mass is 10.2. The molecule has 1 atom stereocenters. The average molecular weight is 287 g/mol. The molecule has 5 heteroatoms. The predicted octanol–water partition coefficient (Wildman–Crippen LogP) is 1.82. The first-order valence-corrected chi connectivity index (χ1v) is 6.11. The lowest BCUT2D eigenvalue weighted by molar-refractivity contribution is 0.0570. The van der Waals surface area contributed by atoms with Crippen LogP contribution in [-0.2, 0) is 0 Å². The normalized spacial score (nSPS) is 22.4. The maximum atomic E-state index is 12.2. The van der Waals surface area contributed by atoms with Crippen LogP contribution in [0.1, 0.15) is 17.3 Å². The van der Waals surface area contributed by atoms with E-state index in [-0.39, 0.29) is 5.91 Å². The topological polar surface area (TPSA) is 36.7 Å². The van der Waals surface area contributed by atoms with Crippen LogP contribution in [0.2, 0.25) is 0 Å². The highest BCUT2D eigenvalue weighted by Crippen LogP contribution is 2.20. The summed E-state index contributed by atoms with van der Waals surface area (Å²) in [5, 5.41) is 0. The summed E-state index contributed by atoms with van der Waals surface area (Å²) in [5.41, 5.74) is 0.608. The summed E-state index contributed by atoms with van der Waals surface area (Å²) in [7, 11) is 2.08. The van der Waals surface area contributed by atoms with Gasteiger partial charge in [0, 0.05) is 25.7 Å². The zero-order valence-corrected chi connectivity index (χ0v) is 11.0. The van der Waals surface area contributed by atoms with Gasteiger partial charge >= 0.3 is 0 Å². The molecule has 0 radical (unpaired) electrons. The molecule has 1 aromatic heterocycles.